The van der Waals surface area contributed by atoms with Crippen LogP contribution in [0.25, 0.3) is 32.7 Å². The lowest BCUT2D eigenvalue weighted by Gasteiger charge is -2.20. The Morgan fingerprint density at radius 3 is 2.09 bits per heavy atom. The number of para-hydroxylation sites is 1. The van der Waals surface area contributed by atoms with Crippen LogP contribution >= 0.6 is 0 Å². The average Bonchev–Trinajstić information content (AvgIpc) is 2.84. The molecule has 0 bridgehead atoms. The number of anilines is 3. The number of nitrogen functional groups attached to an aromatic ring is 1. The molecule has 0 saturated carbocycles. The summed E-state index contributed by atoms with van der Waals surface area (Å²) in [5.74, 6) is -0.452. The number of rotatable bonds is 4. The minimum absolute atomic E-state index is 0.361. The van der Waals surface area contributed by atoms with E-state index >= 15 is 0 Å². The molecule has 0 heterocycles. The Kier molecular flexibility index (Phi) is 4.96. The highest BCUT2D eigenvalue weighted by atomic mass is 16.5. The Bertz CT molecular complexity index is 1460. The number of benzene rings is 5. The van der Waals surface area contributed by atoms with Gasteiger partial charge in [0.1, 0.15) is 0 Å². The number of hydrogen-bond acceptors (Lipinski definition) is 4. The Balaban J connectivity index is 1.89. The van der Waals surface area contributed by atoms with Gasteiger partial charge in [0.05, 0.1) is 18.4 Å². The molecular formula is C28H22N2O2. The van der Waals surface area contributed by atoms with Crippen LogP contribution < -0.4 is 11.1 Å². The van der Waals surface area contributed by atoms with Gasteiger partial charge in [0.25, 0.3) is 0 Å². The molecule has 5 aromatic carbocycles. The van der Waals surface area contributed by atoms with Gasteiger partial charge in [-0.3, -0.25) is 0 Å². The molecule has 0 spiro atoms. The topological polar surface area (TPSA) is 64.3 Å². The number of nitrogens with two attached hydrogens (primary N) is 1. The summed E-state index contributed by atoms with van der Waals surface area (Å²) in [4.78, 5) is 12.6. The molecule has 5 aromatic rings. The van der Waals surface area contributed by atoms with Gasteiger partial charge in [0.2, 0.25) is 0 Å². The molecule has 0 aliphatic rings. The summed E-state index contributed by atoms with van der Waals surface area (Å²) in [7, 11) is 1.37. The summed E-state index contributed by atoms with van der Waals surface area (Å²) in [6.07, 6.45) is 0. The summed E-state index contributed by atoms with van der Waals surface area (Å²) in [5.41, 5.74) is 11.1. The first kappa shape index (κ1) is 19.6. The molecule has 0 amide bonds. The molecule has 0 saturated heterocycles. The minimum atomic E-state index is -0.452. The smallest absolute Gasteiger partial charge is 0.339 e. The standard InChI is InChI=1S/C28H22N2O2/c1-32-28(31)23-17-19-10-6-8-14-22(19)26(27(23)29)25-21-13-7-5-9-18(21)15-16-24(25)30-20-11-3-2-4-12-20/h2-17,30H,29H2,1H3. The molecule has 4 nitrogen and oxygen atoms in total. The Morgan fingerprint density at radius 2 is 1.38 bits per heavy atom. The molecular weight excluding hydrogens is 396 g/mol. The van der Waals surface area contributed by atoms with E-state index in [0.29, 0.717) is 11.3 Å². The van der Waals surface area contributed by atoms with Crippen molar-refractivity contribution in [3.8, 4) is 11.1 Å². The SMILES string of the molecule is COC(=O)c1cc2ccccc2c(-c2c(Nc3ccccc3)ccc3ccccc23)c1N. The van der Waals surface area contributed by atoms with Gasteiger partial charge in [-0.2, -0.15) is 0 Å². The zero-order chi connectivity index (χ0) is 22.1. The maximum Gasteiger partial charge on any atom is 0.339 e. The largest absolute Gasteiger partial charge is 0.465 e. The quantitative estimate of drug-likeness (QED) is 0.250. The highest BCUT2D eigenvalue weighted by Gasteiger charge is 2.21. The van der Waals surface area contributed by atoms with E-state index in [1.807, 2.05) is 66.7 Å². The molecule has 0 radical (unpaired) electrons. The van der Waals surface area contributed by atoms with Gasteiger partial charge in [-0.05, 0) is 45.8 Å². The molecule has 156 valence electrons. The van der Waals surface area contributed by atoms with Gasteiger partial charge in [0.15, 0.2) is 0 Å². The van der Waals surface area contributed by atoms with Crippen LogP contribution in [0, 0.1) is 0 Å². The zero-order valence-corrected chi connectivity index (χ0v) is 17.6. The highest BCUT2D eigenvalue weighted by Crippen LogP contribution is 2.44. The second-order valence-electron chi connectivity index (χ2n) is 7.63. The van der Waals surface area contributed by atoms with Gasteiger partial charge in [-0.25, -0.2) is 4.79 Å². The number of carbonyl (C=O) groups is 1. The zero-order valence-electron chi connectivity index (χ0n) is 17.6. The van der Waals surface area contributed by atoms with Crippen LogP contribution in [0.1, 0.15) is 10.4 Å². The monoisotopic (exact) mass is 418 g/mol. The van der Waals surface area contributed by atoms with Crippen LogP contribution in [-0.4, -0.2) is 13.1 Å². The normalized spacial score (nSPS) is 10.9. The Hall–Kier alpha value is -4.31. The number of ether oxygens (including phenoxy) is 1. The minimum Gasteiger partial charge on any atom is -0.465 e. The third-order valence-electron chi connectivity index (χ3n) is 5.73. The summed E-state index contributed by atoms with van der Waals surface area (Å²) in [6.45, 7) is 0. The lowest BCUT2D eigenvalue weighted by molar-refractivity contribution is 0.0602. The first-order chi connectivity index (χ1) is 15.7. The average molecular weight is 418 g/mol. The van der Waals surface area contributed by atoms with Crippen molar-refractivity contribution in [2.75, 3.05) is 18.2 Å². The number of nitrogens with one attached hydrogen (secondary N) is 1. The van der Waals surface area contributed by atoms with Gasteiger partial charge in [-0.15, -0.1) is 0 Å². The number of hydrogen-bond donors (Lipinski definition) is 2. The van der Waals surface area contributed by atoms with Gasteiger partial charge < -0.3 is 15.8 Å². The molecule has 0 atom stereocenters. The highest BCUT2D eigenvalue weighted by molar-refractivity contribution is 6.17. The lowest BCUT2D eigenvalue weighted by Crippen LogP contribution is -2.08. The van der Waals surface area contributed by atoms with E-state index in [4.69, 9.17) is 10.5 Å². The van der Waals surface area contributed by atoms with Crippen LogP contribution in [0.5, 0.6) is 0 Å². The molecule has 0 unspecified atom stereocenters. The number of fused-ring (bicyclic) bond motifs is 2. The van der Waals surface area contributed by atoms with E-state index in [9.17, 15) is 4.79 Å². The number of esters is 1. The van der Waals surface area contributed by atoms with Crippen molar-refractivity contribution in [1.29, 1.82) is 0 Å². The van der Waals surface area contributed by atoms with E-state index in [-0.39, 0.29) is 0 Å². The third kappa shape index (κ3) is 3.32. The van der Waals surface area contributed by atoms with Crippen LogP contribution in [-0.2, 0) is 4.74 Å². The van der Waals surface area contributed by atoms with E-state index in [0.717, 1.165) is 44.0 Å². The second-order valence-corrected chi connectivity index (χ2v) is 7.63. The first-order valence-electron chi connectivity index (χ1n) is 10.4. The van der Waals surface area contributed by atoms with Crippen molar-refractivity contribution in [3.05, 3.63) is 103 Å². The Labute approximate surface area is 186 Å². The van der Waals surface area contributed by atoms with E-state index < -0.39 is 5.97 Å². The molecule has 3 N–H and O–H groups in total. The molecule has 4 heteroatoms. The maximum absolute atomic E-state index is 12.6. The molecule has 0 aliphatic carbocycles. The van der Waals surface area contributed by atoms with Crippen LogP contribution in [0.15, 0.2) is 97.1 Å². The molecule has 5 rings (SSSR count). The summed E-state index contributed by atoms with van der Waals surface area (Å²) in [5, 5.41) is 7.59. The fourth-order valence-electron chi connectivity index (χ4n) is 4.23. The molecule has 0 fully saturated rings. The van der Waals surface area contributed by atoms with Crippen molar-refractivity contribution in [2.45, 2.75) is 0 Å². The van der Waals surface area contributed by atoms with Crippen LogP contribution in [0.2, 0.25) is 0 Å². The van der Waals surface area contributed by atoms with Gasteiger partial charge in [0, 0.05) is 22.5 Å². The molecule has 0 aliphatic heterocycles. The fourth-order valence-corrected chi connectivity index (χ4v) is 4.23. The van der Waals surface area contributed by atoms with Gasteiger partial charge in [-0.1, -0.05) is 72.8 Å². The summed E-state index contributed by atoms with van der Waals surface area (Å²) < 4.78 is 5.04. The second kappa shape index (κ2) is 8.08. The fraction of sp³-hybridized carbons (Fsp3) is 0.0357. The van der Waals surface area contributed by atoms with E-state index in [1.54, 1.807) is 6.07 Å². The van der Waals surface area contributed by atoms with Crippen LogP contribution in [0.4, 0.5) is 17.1 Å². The molecule has 0 aromatic heterocycles. The van der Waals surface area contributed by atoms with Crippen LogP contribution in [0.3, 0.4) is 0 Å². The van der Waals surface area contributed by atoms with Crippen molar-refractivity contribution in [1.82, 2.24) is 0 Å². The molecule has 32 heavy (non-hydrogen) atoms. The van der Waals surface area contributed by atoms with Gasteiger partial charge >= 0.3 is 5.97 Å². The van der Waals surface area contributed by atoms with Crippen molar-refractivity contribution < 1.29 is 9.53 Å². The van der Waals surface area contributed by atoms with Crippen molar-refractivity contribution >= 4 is 44.6 Å². The number of methoxy groups -OCH3 is 1. The predicted molar refractivity (Wildman–Crippen MR) is 132 cm³/mol. The Morgan fingerprint density at radius 1 is 0.750 bits per heavy atom. The van der Waals surface area contributed by atoms with E-state index in [2.05, 4.69) is 29.6 Å². The van der Waals surface area contributed by atoms with E-state index in [1.165, 1.54) is 7.11 Å². The number of carbonyl (C=O) groups excluding carboxylic acids is 1. The first-order valence-corrected chi connectivity index (χ1v) is 10.4. The maximum atomic E-state index is 12.6. The van der Waals surface area contributed by atoms with Crippen molar-refractivity contribution in [2.24, 2.45) is 0 Å². The predicted octanol–water partition coefficient (Wildman–Crippen LogP) is 6.77. The lowest BCUT2D eigenvalue weighted by atomic mass is 9.89. The van der Waals surface area contributed by atoms with Crippen molar-refractivity contribution in [3.63, 3.8) is 0 Å². The summed E-state index contributed by atoms with van der Waals surface area (Å²) in [6, 6.07) is 32.1. The third-order valence-corrected chi connectivity index (χ3v) is 5.73. The summed E-state index contributed by atoms with van der Waals surface area (Å²) >= 11 is 0.